The number of anilines is 1. The first-order valence-electron chi connectivity index (χ1n) is 7.33. The monoisotopic (exact) mass is 389 g/mol. The van der Waals surface area contributed by atoms with Crippen LogP contribution in [0.2, 0.25) is 15.1 Å². The summed E-state index contributed by atoms with van der Waals surface area (Å²) < 4.78 is 1.14. The lowest BCUT2D eigenvalue weighted by atomic mass is 9.89. The van der Waals surface area contributed by atoms with E-state index in [1.165, 1.54) is 6.20 Å². The van der Waals surface area contributed by atoms with Crippen molar-refractivity contribution >= 4 is 40.5 Å². The Morgan fingerprint density at radius 3 is 2.58 bits per heavy atom. The molecule has 0 aliphatic rings. The van der Waals surface area contributed by atoms with Gasteiger partial charge in [-0.15, -0.1) is 0 Å². The number of nitrogens with one attached hydrogen (secondary N) is 1. The molecule has 0 atom stereocenters. The van der Waals surface area contributed by atoms with Crippen molar-refractivity contribution in [3.63, 3.8) is 0 Å². The molecule has 0 spiro atoms. The smallest absolute Gasteiger partial charge is 0.291 e. The second kappa shape index (κ2) is 7.74. The minimum atomic E-state index is -0.509. The van der Waals surface area contributed by atoms with Crippen LogP contribution in [0.4, 0.5) is 5.69 Å². The molecule has 24 heavy (non-hydrogen) atoms. The lowest BCUT2D eigenvalue weighted by Gasteiger charge is -2.25. The van der Waals surface area contributed by atoms with E-state index in [1.807, 2.05) is 0 Å². The minimum absolute atomic E-state index is 0.0705. The predicted octanol–water partition coefficient (Wildman–Crippen LogP) is 4.01. The van der Waals surface area contributed by atoms with Gasteiger partial charge < -0.3 is 10.4 Å². The van der Waals surface area contributed by atoms with Crippen LogP contribution in [0.5, 0.6) is 0 Å². The van der Waals surface area contributed by atoms with E-state index >= 15 is 0 Å². The fraction of sp³-hybridized carbons (Fsp3) is 0.375. The van der Waals surface area contributed by atoms with Crippen molar-refractivity contribution in [3.05, 3.63) is 49.8 Å². The zero-order valence-corrected chi connectivity index (χ0v) is 15.6. The second-order valence-corrected chi connectivity index (χ2v) is 7.37. The Bertz CT molecular complexity index is 791. The Balaban J connectivity index is 2.25. The molecule has 0 saturated heterocycles. The number of hydrogen-bond acceptors (Lipinski definition) is 4. The number of nitrogens with zero attached hydrogens (tertiary/aromatic N) is 2. The van der Waals surface area contributed by atoms with Gasteiger partial charge in [0.25, 0.3) is 5.56 Å². The summed E-state index contributed by atoms with van der Waals surface area (Å²) >= 11 is 17.9. The number of aliphatic hydroxyl groups is 1. The highest BCUT2D eigenvalue weighted by Gasteiger charge is 2.17. The van der Waals surface area contributed by atoms with Gasteiger partial charge in [-0.2, -0.15) is 9.78 Å². The molecular formula is C16H18Cl3N3O2. The van der Waals surface area contributed by atoms with E-state index in [0.29, 0.717) is 23.7 Å². The summed E-state index contributed by atoms with van der Waals surface area (Å²) in [7, 11) is 0. The van der Waals surface area contributed by atoms with Crippen molar-refractivity contribution in [3.8, 4) is 5.69 Å². The summed E-state index contributed by atoms with van der Waals surface area (Å²) in [5.74, 6) is 0. The Hall–Kier alpha value is -1.27. The third-order valence-corrected chi connectivity index (χ3v) is 4.68. The minimum Gasteiger partial charge on any atom is -0.396 e. The molecule has 1 aromatic heterocycles. The maximum Gasteiger partial charge on any atom is 0.291 e. The summed E-state index contributed by atoms with van der Waals surface area (Å²) in [6.07, 6.45) is 1.99. The molecule has 2 aromatic rings. The average molecular weight is 391 g/mol. The highest BCUT2D eigenvalue weighted by Crippen LogP contribution is 2.27. The maximum atomic E-state index is 12.1. The van der Waals surface area contributed by atoms with Crippen LogP contribution in [0.3, 0.4) is 0 Å². The molecule has 0 amide bonds. The van der Waals surface area contributed by atoms with E-state index in [9.17, 15) is 4.79 Å². The quantitative estimate of drug-likeness (QED) is 0.782. The molecule has 2 rings (SSSR count). The molecule has 0 bridgehead atoms. The number of halogens is 3. The van der Waals surface area contributed by atoms with E-state index in [0.717, 1.165) is 10.4 Å². The van der Waals surface area contributed by atoms with Gasteiger partial charge in [-0.25, -0.2) is 0 Å². The van der Waals surface area contributed by atoms with Crippen LogP contribution in [0.25, 0.3) is 5.69 Å². The lowest BCUT2D eigenvalue weighted by Crippen LogP contribution is -2.24. The molecule has 0 aliphatic heterocycles. The van der Waals surface area contributed by atoms with Crippen LogP contribution in [-0.4, -0.2) is 28.0 Å². The summed E-state index contributed by atoms with van der Waals surface area (Å²) in [5.41, 5.74) is 0.646. The molecule has 8 heteroatoms. The van der Waals surface area contributed by atoms with E-state index < -0.39 is 5.56 Å². The standard InChI is InChI=1S/C16H18Cl3N3O2/c1-16(2,5-6-23)9-20-13-4-3-10(7-11(13)17)22-15(24)14(19)12(18)8-21-22/h3-4,7-8,20,23H,5-6,9H2,1-2H3. The third-order valence-electron chi connectivity index (χ3n) is 3.62. The van der Waals surface area contributed by atoms with Gasteiger partial charge in [-0.05, 0) is 30.0 Å². The van der Waals surface area contributed by atoms with Gasteiger partial charge in [-0.3, -0.25) is 4.79 Å². The molecule has 0 saturated carbocycles. The van der Waals surface area contributed by atoms with Gasteiger partial charge in [0.1, 0.15) is 5.02 Å². The molecule has 1 heterocycles. The first-order chi connectivity index (χ1) is 11.2. The van der Waals surface area contributed by atoms with Crippen LogP contribution in [0, 0.1) is 5.41 Å². The normalized spacial score (nSPS) is 11.6. The number of hydrogen-bond donors (Lipinski definition) is 2. The maximum absolute atomic E-state index is 12.1. The van der Waals surface area contributed by atoms with Gasteiger partial charge in [-0.1, -0.05) is 48.7 Å². The van der Waals surface area contributed by atoms with Gasteiger partial charge in [0.05, 0.1) is 27.6 Å². The Kier molecular flexibility index (Phi) is 6.15. The van der Waals surface area contributed by atoms with Gasteiger partial charge in [0.2, 0.25) is 0 Å². The van der Waals surface area contributed by atoms with Crippen LogP contribution in [0.1, 0.15) is 20.3 Å². The topological polar surface area (TPSA) is 67.2 Å². The fourth-order valence-electron chi connectivity index (χ4n) is 2.10. The number of aliphatic hydroxyl groups excluding tert-OH is 1. The predicted molar refractivity (Wildman–Crippen MR) is 98.8 cm³/mol. The fourth-order valence-corrected chi connectivity index (χ4v) is 2.60. The molecule has 5 nitrogen and oxygen atoms in total. The van der Waals surface area contributed by atoms with Crippen molar-refractivity contribution in [2.45, 2.75) is 20.3 Å². The Morgan fingerprint density at radius 2 is 1.96 bits per heavy atom. The van der Waals surface area contributed by atoms with E-state index in [4.69, 9.17) is 39.9 Å². The summed E-state index contributed by atoms with van der Waals surface area (Å²) in [4.78, 5) is 12.1. The molecule has 130 valence electrons. The van der Waals surface area contributed by atoms with Gasteiger partial charge in [0, 0.05) is 13.2 Å². The zero-order chi connectivity index (χ0) is 17.9. The largest absolute Gasteiger partial charge is 0.396 e. The van der Waals surface area contributed by atoms with Crippen LogP contribution in [0.15, 0.2) is 29.2 Å². The summed E-state index contributed by atoms with van der Waals surface area (Å²) in [6, 6.07) is 5.11. The summed E-state index contributed by atoms with van der Waals surface area (Å²) in [6.45, 7) is 4.89. The van der Waals surface area contributed by atoms with Crippen molar-refractivity contribution in [1.29, 1.82) is 0 Å². The van der Waals surface area contributed by atoms with Crippen LogP contribution >= 0.6 is 34.8 Å². The summed E-state index contributed by atoms with van der Waals surface area (Å²) in [5, 5.41) is 16.8. The molecule has 0 unspecified atom stereocenters. The van der Waals surface area contributed by atoms with Crippen LogP contribution in [-0.2, 0) is 0 Å². The third kappa shape index (κ3) is 4.42. The first-order valence-corrected chi connectivity index (χ1v) is 8.46. The molecule has 0 radical (unpaired) electrons. The van der Waals surface area contributed by atoms with E-state index in [-0.39, 0.29) is 22.1 Å². The number of rotatable bonds is 6. The van der Waals surface area contributed by atoms with Crippen molar-refractivity contribution in [1.82, 2.24) is 9.78 Å². The molecule has 2 N–H and O–H groups in total. The highest BCUT2D eigenvalue weighted by molar-refractivity contribution is 6.41. The van der Waals surface area contributed by atoms with Crippen molar-refractivity contribution in [2.24, 2.45) is 5.41 Å². The van der Waals surface area contributed by atoms with E-state index in [1.54, 1.807) is 18.2 Å². The molecule has 0 fully saturated rings. The zero-order valence-electron chi connectivity index (χ0n) is 13.3. The highest BCUT2D eigenvalue weighted by atomic mass is 35.5. The number of benzene rings is 1. The Labute approximate surface area is 155 Å². The van der Waals surface area contributed by atoms with Gasteiger partial charge >= 0.3 is 0 Å². The number of aromatic nitrogens is 2. The molecule has 0 aliphatic carbocycles. The first kappa shape index (κ1) is 19.1. The average Bonchev–Trinajstić information content (AvgIpc) is 2.51. The van der Waals surface area contributed by atoms with Crippen LogP contribution < -0.4 is 10.9 Å². The lowest BCUT2D eigenvalue weighted by molar-refractivity contribution is 0.220. The molecular weight excluding hydrogens is 373 g/mol. The molecule has 1 aromatic carbocycles. The Morgan fingerprint density at radius 1 is 1.25 bits per heavy atom. The van der Waals surface area contributed by atoms with Crippen molar-refractivity contribution in [2.75, 3.05) is 18.5 Å². The van der Waals surface area contributed by atoms with Gasteiger partial charge in [0.15, 0.2) is 0 Å². The van der Waals surface area contributed by atoms with Crippen molar-refractivity contribution < 1.29 is 5.11 Å². The van der Waals surface area contributed by atoms with E-state index in [2.05, 4.69) is 24.3 Å². The second-order valence-electron chi connectivity index (χ2n) is 6.18. The SMILES string of the molecule is CC(C)(CCO)CNc1ccc(-n2ncc(Cl)c(Cl)c2=O)cc1Cl.